The molecule has 1 aromatic rings. The van der Waals surface area contributed by atoms with E-state index in [1.165, 1.54) is 0 Å². The molecule has 1 fully saturated rings. The van der Waals surface area contributed by atoms with Crippen molar-refractivity contribution in [3.63, 3.8) is 0 Å². The Labute approximate surface area is 130 Å². The van der Waals surface area contributed by atoms with Crippen molar-refractivity contribution < 1.29 is 9.59 Å². The maximum Gasteiger partial charge on any atom is 0.249 e. The number of nitrogens with zero attached hydrogens (tertiary/aromatic N) is 1. The fourth-order valence-electron chi connectivity index (χ4n) is 2.81. The van der Waals surface area contributed by atoms with Crippen LogP contribution < -0.4 is 5.32 Å². The lowest BCUT2D eigenvalue weighted by atomic mass is 9.80. The maximum atomic E-state index is 12.9. The average Bonchev–Trinajstić information content (AvgIpc) is 2.86. The minimum absolute atomic E-state index is 0.00993. The van der Waals surface area contributed by atoms with Gasteiger partial charge in [-0.2, -0.15) is 11.3 Å². The third-order valence-corrected chi connectivity index (χ3v) is 4.88. The molecule has 2 rings (SSSR count). The first-order valence-electron chi connectivity index (χ1n) is 7.33. The van der Waals surface area contributed by atoms with Crippen molar-refractivity contribution in [3.05, 3.63) is 22.4 Å². The van der Waals surface area contributed by atoms with Crippen molar-refractivity contribution in [1.29, 1.82) is 0 Å². The van der Waals surface area contributed by atoms with Crippen LogP contribution in [-0.4, -0.2) is 28.3 Å². The monoisotopic (exact) mass is 308 g/mol. The van der Waals surface area contributed by atoms with Gasteiger partial charge in [0, 0.05) is 6.54 Å². The Bertz CT molecular complexity index is 533. The quantitative estimate of drug-likeness (QED) is 0.933. The van der Waals surface area contributed by atoms with Crippen molar-refractivity contribution in [1.82, 2.24) is 10.2 Å². The van der Waals surface area contributed by atoms with E-state index in [-0.39, 0.29) is 17.2 Å². The normalized spacial score (nSPS) is 26.9. The summed E-state index contributed by atoms with van der Waals surface area (Å²) in [5.41, 5.74) is -0.0181. The second-order valence-corrected chi connectivity index (χ2v) is 7.79. The summed E-state index contributed by atoms with van der Waals surface area (Å²) >= 11 is 1.61. The maximum absolute atomic E-state index is 12.9. The molecular formula is C16H24N2O2S. The molecule has 1 aliphatic rings. The SMILES string of the molecule is CCC1(C)NC(=O)C(C(C)(C)C)N(Cc2ccsc2)C1=O. The molecule has 2 atom stereocenters. The Morgan fingerprint density at radius 3 is 2.52 bits per heavy atom. The predicted molar refractivity (Wildman–Crippen MR) is 85.0 cm³/mol. The van der Waals surface area contributed by atoms with Gasteiger partial charge in [-0.1, -0.05) is 27.7 Å². The molecule has 0 aliphatic carbocycles. The summed E-state index contributed by atoms with van der Waals surface area (Å²) in [5.74, 6) is -0.0441. The Hall–Kier alpha value is -1.36. The molecule has 1 aromatic heterocycles. The first kappa shape index (κ1) is 16.0. The van der Waals surface area contributed by atoms with E-state index in [2.05, 4.69) is 5.32 Å². The van der Waals surface area contributed by atoms with Gasteiger partial charge in [0.15, 0.2) is 0 Å². The van der Waals surface area contributed by atoms with Gasteiger partial charge in [0.2, 0.25) is 11.8 Å². The lowest BCUT2D eigenvalue weighted by Gasteiger charge is -2.48. The molecule has 0 saturated carbocycles. The van der Waals surface area contributed by atoms with E-state index in [1.807, 2.05) is 51.4 Å². The van der Waals surface area contributed by atoms with E-state index < -0.39 is 11.6 Å². The number of carbonyl (C=O) groups is 2. The van der Waals surface area contributed by atoms with Gasteiger partial charge in [0.05, 0.1) is 0 Å². The summed E-state index contributed by atoms with van der Waals surface area (Å²) in [6, 6.07) is 1.57. The lowest BCUT2D eigenvalue weighted by molar-refractivity contribution is -0.159. The van der Waals surface area contributed by atoms with Crippen molar-refractivity contribution in [2.75, 3.05) is 0 Å². The third-order valence-electron chi connectivity index (χ3n) is 4.15. The molecule has 0 radical (unpaired) electrons. The summed E-state index contributed by atoms with van der Waals surface area (Å²) in [6.45, 7) is 10.2. The van der Waals surface area contributed by atoms with Crippen LogP contribution >= 0.6 is 11.3 Å². The summed E-state index contributed by atoms with van der Waals surface area (Å²) in [7, 11) is 0. The van der Waals surface area contributed by atoms with Crippen LogP contribution in [0.2, 0.25) is 0 Å². The Morgan fingerprint density at radius 1 is 1.38 bits per heavy atom. The van der Waals surface area contributed by atoms with E-state index in [4.69, 9.17) is 0 Å². The highest BCUT2D eigenvalue weighted by Crippen LogP contribution is 2.32. The van der Waals surface area contributed by atoms with E-state index in [9.17, 15) is 9.59 Å². The second kappa shape index (κ2) is 5.44. The van der Waals surface area contributed by atoms with Crippen molar-refractivity contribution in [2.45, 2.75) is 59.2 Å². The molecule has 0 bridgehead atoms. The molecule has 2 unspecified atom stereocenters. The van der Waals surface area contributed by atoms with Crippen LogP contribution in [0.3, 0.4) is 0 Å². The Morgan fingerprint density at radius 2 is 2.05 bits per heavy atom. The minimum atomic E-state index is -0.797. The standard InChI is InChI=1S/C16H24N2O2S/c1-6-16(5)14(20)18(9-11-7-8-21-10-11)12(13(19)17-16)15(2,3)4/h7-8,10,12H,6,9H2,1-5H3,(H,17,19). The van der Waals surface area contributed by atoms with E-state index in [1.54, 1.807) is 16.2 Å². The largest absolute Gasteiger partial charge is 0.340 e. The molecule has 1 N–H and O–H groups in total. The molecule has 0 spiro atoms. The average molecular weight is 308 g/mol. The number of hydrogen-bond acceptors (Lipinski definition) is 3. The van der Waals surface area contributed by atoms with Gasteiger partial charge in [-0.3, -0.25) is 9.59 Å². The van der Waals surface area contributed by atoms with Crippen molar-refractivity contribution in [2.24, 2.45) is 5.41 Å². The smallest absolute Gasteiger partial charge is 0.249 e. The van der Waals surface area contributed by atoms with E-state index in [0.717, 1.165) is 5.56 Å². The first-order chi connectivity index (χ1) is 9.69. The van der Waals surface area contributed by atoms with Gasteiger partial charge in [-0.25, -0.2) is 0 Å². The van der Waals surface area contributed by atoms with Crippen LogP contribution in [0.25, 0.3) is 0 Å². The number of hydrogen-bond donors (Lipinski definition) is 1. The number of piperazine rings is 1. The highest BCUT2D eigenvalue weighted by Gasteiger charge is 2.50. The summed E-state index contributed by atoms with van der Waals surface area (Å²) in [5, 5.41) is 6.96. The predicted octanol–water partition coefficient (Wildman–Crippen LogP) is 2.79. The molecule has 2 amide bonds. The molecule has 5 heteroatoms. The molecule has 4 nitrogen and oxygen atoms in total. The van der Waals surface area contributed by atoms with Crippen molar-refractivity contribution in [3.8, 4) is 0 Å². The summed E-state index contributed by atoms with van der Waals surface area (Å²) < 4.78 is 0. The minimum Gasteiger partial charge on any atom is -0.340 e. The molecule has 21 heavy (non-hydrogen) atoms. The van der Waals surface area contributed by atoms with Gasteiger partial charge in [0.25, 0.3) is 0 Å². The van der Waals surface area contributed by atoms with Crippen LogP contribution in [0.5, 0.6) is 0 Å². The zero-order valence-corrected chi connectivity index (χ0v) is 14.2. The summed E-state index contributed by atoms with van der Waals surface area (Å²) in [4.78, 5) is 27.3. The van der Waals surface area contributed by atoms with Gasteiger partial charge < -0.3 is 10.2 Å². The molecule has 0 aromatic carbocycles. The van der Waals surface area contributed by atoms with Gasteiger partial charge in [-0.05, 0) is 41.1 Å². The van der Waals surface area contributed by atoms with Gasteiger partial charge in [0.1, 0.15) is 11.6 Å². The van der Waals surface area contributed by atoms with Crippen molar-refractivity contribution >= 4 is 23.2 Å². The van der Waals surface area contributed by atoms with Crippen LogP contribution in [0.15, 0.2) is 16.8 Å². The fourth-order valence-corrected chi connectivity index (χ4v) is 3.47. The number of amides is 2. The van der Waals surface area contributed by atoms with Crippen LogP contribution in [0, 0.1) is 5.41 Å². The molecule has 116 valence electrons. The zero-order valence-electron chi connectivity index (χ0n) is 13.4. The highest BCUT2D eigenvalue weighted by molar-refractivity contribution is 7.07. The lowest BCUT2D eigenvalue weighted by Crippen LogP contribution is -2.71. The van der Waals surface area contributed by atoms with E-state index in [0.29, 0.717) is 13.0 Å². The van der Waals surface area contributed by atoms with Crippen LogP contribution in [-0.2, 0) is 16.1 Å². The first-order valence-corrected chi connectivity index (χ1v) is 8.27. The second-order valence-electron chi connectivity index (χ2n) is 7.01. The molecule has 1 aliphatic heterocycles. The van der Waals surface area contributed by atoms with Gasteiger partial charge >= 0.3 is 0 Å². The fraction of sp³-hybridized carbons (Fsp3) is 0.625. The van der Waals surface area contributed by atoms with Gasteiger partial charge in [-0.15, -0.1) is 0 Å². The number of carbonyl (C=O) groups excluding carboxylic acids is 2. The summed E-state index contributed by atoms with van der Waals surface area (Å²) in [6.07, 6.45) is 0.592. The molecule has 1 saturated heterocycles. The Balaban J connectivity index is 2.40. The third kappa shape index (κ3) is 2.98. The Kier molecular flexibility index (Phi) is 4.15. The number of nitrogens with one attached hydrogen (secondary N) is 1. The van der Waals surface area contributed by atoms with Crippen LogP contribution in [0.4, 0.5) is 0 Å². The van der Waals surface area contributed by atoms with Crippen LogP contribution in [0.1, 0.15) is 46.6 Å². The number of rotatable bonds is 3. The molecular weight excluding hydrogens is 284 g/mol. The van der Waals surface area contributed by atoms with E-state index >= 15 is 0 Å². The topological polar surface area (TPSA) is 49.4 Å². The molecule has 2 heterocycles. The highest BCUT2D eigenvalue weighted by atomic mass is 32.1. The number of thiophene rings is 1. The zero-order chi connectivity index (χ0) is 15.8.